The fraction of sp³-hybridized carbons (Fsp3) is 0.158. The van der Waals surface area contributed by atoms with Crippen molar-refractivity contribution in [1.29, 1.82) is 0 Å². The van der Waals surface area contributed by atoms with Crippen molar-refractivity contribution in [3.8, 4) is 0 Å². The monoisotopic (exact) mass is 451 g/mol. The van der Waals surface area contributed by atoms with E-state index in [1.165, 1.54) is 10.7 Å². The fourth-order valence-corrected chi connectivity index (χ4v) is 3.06. The lowest BCUT2D eigenvalue weighted by atomic mass is 10.2. The normalized spacial score (nSPS) is 10.7. The second kappa shape index (κ2) is 8.82. The maximum Gasteiger partial charge on any atom is 0.278 e. The highest BCUT2D eigenvalue weighted by atomic mass is 35.5. The van der Waals surface area contributed by atoms with Crippen molar-refractivity contribution in [3.63, 3.8) is 0 Å². The molecular formula is C19H16Cl3N5O2. The van der Waals surface area contributed by atoms with E-state index in [0.717, 1.165) is 5.56 Å². The molecule has 0 saturated heterocycles. The molecule has 0 unspecified atom stereocenters. The van der Waals surface area contributed by atoms with E-state index in [1.807, 2.05) is 13.0 Å². The molecule has 2 aromatic carbocycles. The number of aryl methyl sites for hydroxylation is 1. The minimum absolute atomic E-state index is 0.0766. The van der Waals surface area contributed by atoms with Crippen LogP contribution >= 0.6 is 34.8 Å². The summed E-state index contributed by atoms with van der Waals surface area (Å²) < 4.78 is 1.34. The Morgan fingerprint density at radius 2 is 1.62 bits per heavy atom. The lowest BCUT2D eigenvalue weighted by Gasteiger charge is -2.09. The maximum absolute atomic E-state index is 12.5. The number of anilines is 2. The molecule has 2 amide bonds. The summed E-state index contributed by atoms with van der Waals surface area (Å²) in [5.74, 6) is -0.836. The highest BCUT2D eigenvalue weighted by molar-refractivity contribution is 6.35. The van der Waals surface area contributed by atoms with E-state index in [9.17, 15) is 9.59 Å². The van der Waals surface area contributed by atoms with Crippen LogP contribution in [-0.4, -0.2) is 26.8 Å². The van der Waals surface area contributed by atoms with Crippen molar-refractivity contribution >= 4 is 58.0 Å². The molecule has 0 saturated carbocycles. The molecule has 1 aromatic heterocycles. The predicted octanol–water partition coefficient (Wildman–Crippen LogP) is 4.75. The SMILES string of the molecule is Cc1ccc(Cl)cc1NC(=O)Cn1nnc(C(=O)Nc2cc(Cl)ccc2Cl)c1C. The molecule has 29 heavy (non-hydrogen) atoms. The summed E-state index contributed by atoms with van der Waals surface area (Å²) in [5, 5.41) is 14.5. The van der Waals surface area contributed by atoms with Crippen molar-refractivity contribution in [3.05, 3.63) is 68.4 Å². The number of nitrogens with zero attached hydrogens (tertiary/aromatic N) is 3. The Morgan fingerprint density at radius 3 is 2.34 bits per heavy atom. The molecule has 0 spiro atoms. The topological polar surface area (TPSA) is 88.9 Å². The fourth-order valence-electron chi connectivity index (χ4n) is 2.55. The molecule has 10 heteroatoms. The Bertz CT molecular complexity index is 1100. The molecule has 3 aromatic rings. The summed E-state index contributed by atoms with van der Waals surface area (Å²) >= 11 is 18.0. The van der Waals surface area contributed by atoms with E-state index in [4.69, 9.17) is 34.8 Å². The number of benzene rings is 2. The van der Waals surface area contributed by atoms with E-state index in [1.54, 1.807) is 31.2 Å². The number of aromatic nitrogens is 3. The summed E-state index contributed by atoms with van der Waals surface area (Å²) in [6.07, 6.45) is 0. The van der Waals surface area contributed by atoms with E-state index >= 15 is 0 Å². The van der Waals surface area contributed by atoms with Gasteiger partial charge < -0.3 is 10.6 Å². The standard InChI is InChI=1S/C19H16Cl3N5O2/c1-10-3-4-12(20)7-15(10)23-17(28)9-27-11(2)18(25-26-27)19(29)24-16-8-13(21)5-6-14(16)22/h3-8H,9H2,1-2H3,(H,23,28)(H,24,29). The smallest absolute Gasteiger partial charge is 0.278 e. The quantitative estimate of drug-likeness (QED) is 0.585. The van der Waals surface area contributed by atoms with E-state index in [2.05, 4.69) is 20.9 Å². The van der Waals surface area contributed by atoms with E-state index < -0.39 is 5.91 Å². The Kier molecular flexibility index (Phi) is 6.42. The van der Waals surface area contributed by atoms with Crippen molar-refractivity contribution in [2.75, 3.05) is 10.6 Å². The zero-order chi connectivity index (χ0) is 21.1. The van der Waals surface area contributed by atoms with Gasteiger partial charge in [-0.3, -0.25) is 9.59 Å². The van der Waals surface area contributed by atoms with Crippen LogP contribution in [0.25, 0.3) is 0 Å². The zero-order valence-corrected chi connectivity index (χ0v) is 17.7. The summed E-state index contributed by atoms with van der Waals surface area (Å²) in [6, 6.07) is 9.93. The molecule has 0 fully saturated rings. The van der Waals surface area contributed by atoms with Crippen molar-refractivity contribution in [2.45, 2.75) is 20.4 Å². The molecule has 3 rings (SSSR count). The molecule has 0 aliphatic rings. The third-order valence-corrected chi connectivity index (χ3v) is 4.94. The van der Waals surface area contributed by atoms with Gasteiger partial charge in [0.1, 0.15) is 6.54 Å². The first kappa shape index (κ1) is 21.1. The number of rotatable bonds is 5. The van der Waals surface area contributed by atoms with Crippen molar-refractivity contribution < 1.29 is 9.59 Å². The van der Waals surface area contributed by atoms with Crippen LogP contribution in [0.15, 0.2) is 36.4 Å². The molecule has 150 valence electrons. The summed E-state index contributed by atoms with van der Waals surface area (Å²) in [4.78, 5) is 24.9. The van der Waals surface area contributed by atoms with Crippen LogP contribution in [0.3, 0.4) is 0 Å². The molecule has 0 aliphatic carbocycles. The van der Waals surface area contributed by atoms with Gasteiger partial charge in [0.15, 0.2) is 5.69 Å². The van der Waals surface area contributed by atoms with Gasteiger partial charge in [0, 0.05) is 15.7 Å². The Morgan fingerprint density at radius 1 is 0.966 bits per heavy atom. The summed E-state index contributed by atoms with van der Waals surface area (Å²) in [6.45, 7) is 3.39. The highest BCUT2D eigenvalue weighted by Crippen LogP contribution is 2.26. The molecular weight excluding hydrogens is 437 g/mol. The van der Waals surface area contributed by atoms with Crippen molar-refractivity contribution in [1.82, 2.24) is 15.0 Å². The number of halogens is 3. The highest BCUT2D eigenvalue weighted by Gasteiger charge is 2.19. The number of carbonyl (C=O) groups is 2. The number of nitrogens with one attached hydrogen (secondary N) is 2. The molecule has 2 N–H and O–H groups in total. The van der Waals surface area contributed by atoms with E-state index in [0.29, 0.717) is 32.1 Å². The average Bonchev–Trinajstić information content (AvgIpc) is 3.01. The minimum Gasteiger partial charge on any atom is -0.324 e. The van der Waals surface area contributed by atoms with Gasteiger partial charge in [0.2, 0.25) is 5.91 Å². The van der Waals surface area contributed by atoms with Crippen LogP contribution < -0.4 is 10.6 Å². The van der Waals surface area contributed by atoms with Crippen LogP contribution in [0.2, 0.25) is 15.1 Å². The molecule has 0 atom stereocenters. The first-order valence-corrected chi connectivity index (χ1v) is 9.60. The van der Waals surface area contributed by atoms with Crippen molar-refractivity contribution in [2.24, 2.45) is 0 Å². The molecule has 0 aliphatic heterocycles. The van der Waals surface area contributed by atoms with Crippen LogP contribution in [-0.2, 0) is 11.3 Å². The molecule has 0 bridgehead atoms. The van der Waals surface area contributed by atoms with Gasteiger partial charge in [-0.15, -0.1) is 5.10 Å². The Hall–Kier alpha value is -2.61. The number of hydrogen-bond acceptors (Lipinski definition) is 4. The zero-order valence-electron chi connectivity index (χ0n) is 15.5. The maximum atomic E-state index is 12.5. The summed E-state index contributed by atoms with van der Waals surface area (Å²) in [5.41, 5.74) is 2.34. The summed E-state index contributed by atoms with van der Waals surface area (Å²) in [7, 11) is 0. The first-order valence-electron chi connectivity index (χ1n) is 8.47. The van der Waals surface area contributed by atoms with Crippen LogP contribution in [0, 0.1) is 13.8 Å². The molecule has 1 heterocycles. The number of amides is 2. The van der Waals surface area contributed by atoms with Gasteiger partial charge in [-0.25, -0.2) is 4.68 Å². The Labute approximate surface area is 181 Å². The van der Waals surface area contributed by atoms with Gasteiger partial charge in [0.25, 0.3) is 5.91 Å². The van der Waals surface area contributed by atoms with E-state index in [-0.39, 0.29) is 18.1 Å². The van der Waals surface area contributed by atoms with Gasteiger partial charge in [-0.2, -0.15) is 0 Å². The van der Waals surface area contributed by atoms with Gasteiger partial charge in [-0.1, -0.05) is 46.1 Å². The molecule has 7 nitrogen and oxygen atoms in total. The average molecular weight is 453 g/mol. The van der Waals surface area contributed by atoms with Crippen LogP contribution in [0.5, 0.6) is 0 Å². The van der Waals surface area contributed by atoms with Crippen LogP contribution in [0.4, 0.5) is 11.4 Å². The Balaban J connectivity index is 1.71. The lowest BCUT2D eigenvalue weighted by Crippen LogP contribution is -2.21. The first-order chi connectivity index (χ1) is 13.7. The van der Waals surface area contributed by atoms with Crippen LogP contribution in [0.1, 0.15) is 21.7 Å². The number of carbonyl (C=O) groups excluding carboxylic acids is 2. The second-order valence-electron chi connectivity index (χ2n) is 6.27. The van der Waals surface area contributed by atoms with Gasteiger partial charge >= 0.3 is 0 Å². The molecule has 0 radical (unpaired) electrons. The predicted molar refractivity (Wildman–Crippen MR) is 114 cm³/mol. The third kappa shape index (κ3) is 5.06. The number of hydrogen-bond donors (Lipinski definition) is 2. The third-order valence-electron chi connectivity index (χ3n) is 4.14. The minimum atomic E-state index is -0.510. The van der Waals surface area contributed by atoms with Gasteiger partial charge in [-0.05, 0) is 49.7 Å². The lowest BCUT2D eigenvalue weighted by molar-refractivity contribution is -0.117. The second-order valence-corrected chi connectivity index (χ2v) is 7.55. The largest absolute Gasteiger partial charge is 0.324 e. The van der Waals surface area contributed by atoms with Gasteiger partial charge in [0.05, 0.1) is 16.4 Å².